The van der Waals surface area contributed by atoms with Crippen LogP contribution < -0.4 is 5.32 Å². The highest BCUT2D eigenvalue weighted by atomic mass is 16.6. The van der Waals surface area contributed by atoms with Crippen LogP contribution in [0.25, 0.3) is 6.08 Å². The molecule has 2 heterocycles. The Labute approximate surface area is 205 Å². The van der Waals surface area contributed by atoms with Crippen molar-refractivity contribution in [2.75, 3.05) is 32.8 Å². The topological polar surface area (TPSA) is 115 Å². The van der Waals surface area contributed by atoms with Crippen molar-refractivity contribution >= 4 is 23.6 Å². The first-order valence-electron chi connectivity index (χ1n) is 11.9. The Kier molecular flexibility index (Phi) is 9.48. The van der Waals surface area contributed by atoms with E-state index in [1.54, 1.807) is 23.1 Å². The Morgan fingerprint density at radius 2 is 1.94 bits per heavy atom. The zero-order valence-corrected chi connectivity index (χ0v) is 20.2. The van der Waals surface area contributed by atoms with Crippen molar-refractivity contribution in [2.24, 2.45) is 0 Å². The van der Waals surface area contributed by atoms with Crippen molar-refractivity contribution in [3.8, 4) is 0 Å². The second-order valence-corrected chi connectivity index (χ2v) is 8.50. The summed E-state index contributed by atoms with van der Waals surface area (Å²) in [6, 6.07) is 9.96. The van der Waals surface area contributed by atoms with Crippen LogP contribution in [-0.2, 0) is 9.53 Å². The van der Waals surface area contributed by atoms with E-state index in [1.807, 2.05) is 26.0 Å². The lowest BCUT2D eigenvalue weighted by Gasteiger charge is -2.32. The van der Waals surface area contributed by atoms with Gasteiger partial charge in [-0.15, -0.1) is 0 Å². The van der Waals surface area contributed by atoms with Gasteiger partial charge in [0.2, 0.25) is 5.91 Å². The smallest absolute Gasteiger partial charge is 0.276 e. The fraction of sp³-hybridized carbons (Fsp3) is 0.423. The van der Waals surface area contributed by atoms with Crippen molar-refractivity contribution in [2.45, 2.75) is 39.0 Å². The molecule has 0 radical (unpaired) electrons. The molecule has 1 aromatic heterocycles. The molecule has 1 saturated heterocycles. The molecule has 0 unspecified atom stereocenters. The molecule has 2 amide bonds. The number of para-hydroxylation sites is 1. The van der Waals surface area contributed by atoms with Crippen molar-refractivity contribution in [3.05, 3.63) is 75.1 Å². The van der Waals surface area contributed by atoms with Crippen LogP contribution in [0.4, 0.5) is 5.69 Å². The molecule has 9 nitrogen and oxygen atoms in total. The second kappa shape index (κ2) is 12.8. The standard InChI is InChI=1S/C26H32N4O5/c1-3-17-35-18-14-27-26(32)22-10-8-19(2)28-25(22)21-12-15-29(16-13-21)24(31)11-9-20-6-4-5-7-23(20)30(33)34/h4-11,21H,3,12-18H2,1-2H3,(H,27,32). The van der Waals surface area contributed by atoms with E-state index in [0.29, 0.717) is 56.8 Å². The summed E-state index contributed by atoms with van der Waals surface area (Å²) in [5.41, 5.74) is 2.52. The van der Waals surface area contributed by atoms with Gasteiger partial charge in [-0.05, 0) is 50.5 Å². The summed E-state index contributed by atoms with van der Waals surface area (Å²) in [6.07, 6.45) is 5.17. The van der Waals surface area contributed by atoms with Gasteiger partial charge in [-0.3, -0.25) is 24.7 Å². The van der Waals surface area contributed by atoms with Crippen molar-refractivity contribution in [1.82, 2.24) is 15.2 Å². The number of nitrogens with zero attached hydrogens (tertiary/aromatic N) is 3. The number of nitro groups is 1. The van der Waals surface area contributed by atoms with Crippen molar-refractivity contribution < 1.29 is 19.2 Å². The van der Waals surface area contributed by atoms with E-state index < -0.39 is 4.92 Å². The van der Waals surface area contributed by atoms with E-state index in [0.717, 1.165) is 17.8 Å². The van der Waals surface area contributed by atoms with E-state index in [9.17, 15) is 19.7 Å². The number of hydrogen-bond acceptors (Lipinski definition) is 6. The number of hydrogen-bond donors (Lipinski definition) is 1. The minimum absolute atomic E-state index is 0.0384. The summed E-state index contributed by atoms with van der Waals surface area (Å²) in [7, 11) is 0. The zero-order valence-electron chi connectivity index (χ0n) is 20.2. The predicted octanol–water partition coefficient (Wildman–Crippen LogP) is 3.87. The molecule has 1 aromatic carbocycles. The number of benzene rings is 1. The number of aromatic nitrogens is 1. The molecule has 2 aromatic rings. The second-order valence-electron chi connectivity index (χ2n) is 8.50. The molecule has 35 heavy (non-hydrogen) atoms. The first kappa shape index (κ1) is 26.0. The highest BCUT2D eigenvalue weighted by molar-refractivity contribution is 5.95. The van der Waals surface area contributed by atoms with Crippen molar-refractivity contribution in [1.29, 1.82) is 0 Å². The highest BCUT2D eigenvalue weighted by Gasteiger charge is 2.27. The molecule has 0 spiro atoms. The molecule has 0 atom stereocenters. The fourth-order valence-corrected chi connectivity index (χ4v) is 4.09. The highest BCUT2D eigenvalue weighted by Crippen LogP contribution is 2.30. The Bertz CT molecular complexity index is 1080. The fourth-order valence-electron chi connectivity index (χ4n) is 4.09. The Balaban J connectivity index is 1.61. The number of carbonyl (C=O) groups is 2. The van der Waals surface area contributed by atoms with E-state index in [-0.39, 0.29) is 23.4 Å². The van der Waals surface area contributed by atoms with Gasteiger partial charge in [-0.25, -0.2) is 0 Å². The first-order valence-corrected chi connectivity index (χ1v) is 11.9. The molecule has 0 aliphatic carbocycles. The van der Waals surface area contributed by atoms with E-state index in [2.05, 4.69) is 10.3 Å². The van der Waals surface area contributed by atoms with Gasteiger partial charge in [0.15, 0.2) is 0 Å². The number of carbonyl (C=O) groups excluding carboxylic acids is 2. The third-order valence-corrected chi connectivity index (χ3v) is 5.92. The van der Waals surface area contributed by atoms with Crippen LogP contribution in [0.2, 0.25) is 0 Å². The number of pyridine rings is 1. The first-order chi connectivity index (χ1) is 16.9. The third-order valence-electron chi connectivity index (χ3n) is 5.92. The maximum absolute atomic E-state index is 12.8. The number of aryl methyl sites for hydroxylation is 1. The van der Waals surface area contributed by atoms with Crippen molar-refractivity contribution in [3.63, 3.8) is 0 Å². The number of piperidine rings is 1. The lowest BCUT2D eigenvalue weighted by Crippen LogP contribution is -2.37. The number of rotatable bonds is 10. The number of nitro benzene ring substituents is 1. The number of likely N-dealkylation sites (tertiary alicyclic amines) is 1. The van der Waals surface area contributed by atoms with Gasteiger partial charge in [0.25, 0.3) is 11.6 Å². The maximum Gasteiger partial charge on any atom is 0.276 e. The Morgan fingerprint density at radius 3 is 2.66 bits per heavy atom. The number of nitrogens with one attached hydrogen (secondary N) is 1. The molecule has 3 rings (SSSR count). The molecule has 1 aliphatic heterocycles. The molecule has 0 bridgehead atoms. The van der Waals surface area contributed by atoms with Crippen LogP contribution in [-0.4, -0.2) is 59.5 Å². The summed E-state index contributed by atoms with van der Waals surface area (Å²) < 4.78 is 5.43. The van der Waals surface area contributed by atoms with Crippen LogP contribution in [0.3, 0.4) is 0 Å². The quantitative estimate of drug-likeness (QED) is 0.239. The van der Waals surface area contributed by atoms with Crippen LogP contribution in [0.5, 0.6) is 0 Å². The average molecular weight is 481 g/mol. The molecule has 1 aliphatic rings. The lowest BCUT2D eigenvalue weighted by atomic mass is 9.89. The summed E-state index contributed by atoms with van der Waals surface area (Å²) in [4.78, 5) is 42.6. The van der Waals surface area contributed by atoms with Gasteiger partial charge in [0.05, 0.1) is 28.4 Å². The lowest BCUT2D eigenvalue weighted by molar-refractivity contribution is -0.385. The molecule has 0 saturated carbocycles. The minimum atomic E-state index is -0.462. The Morgan fingerprint density at radius 1 is 1.20 bits per heavy atom. The molecule has 1 N–H and O–H groups in total. The number of amides is 2. The molecule has 1 fully saturated rings. The van der Waals surface area contributed by atoms with E-state index in [4.69, 9.17) is 4.74 Å². The van der Waals surface area contributed by atoms with Crippen LogP contribution in [0.15, 0.2) is 42.5 Å². The monoisotopic (exact) mass is 480 g/mol. The predicted molar refractivity (Wildman–Crippen MR) is 133 cm³/mol. The largest absolute Gasteiger partial charge is 0.380 e. The molecular formula is C26H32N4O5. The van der Waals surface area contributed by atoms with Gasteiger partial charge >= 0.3 is 0 Å². The maximum atomic E-state index is 12.8. The summed E-state index contributed by atoms with van der Waals surface area (Å²) in [6.45, 7) is 6.54. The summed E-state index contributed by atoms with van der Waals surface area (Å²) in [5.74, 6) is -0.294. The summed E-state index contributed by atoms with van der Waals surface area (Å²) >= 11 is 0. The van der Waals surface area contributed by atoms with Gasteiger partial charge in [-0.1, -0.05) is 19.1 Å². The third kappa shape index (κ3) is 7.19. The Hall–Kier alpha value is -3.59. The van der Waals surface area contributed by atoms with Gasteiger partial charge in [0.1, 0.15) is 0 Å². The van der Waals surface area contributed by atoms with E-state index >= 15 is 0 Å². The van der Waals surface area contributed by atoms with Gasteiger partial charge in [-0.2, -0.15) is 0 Å². The van der Waals surface area contributed by atoms with E-state index in [1.165, 1.54) is 18.2 Å². The van der Waals surface area contributed by atoms with Gasteiger partial charge in [0, 0.05) is 50.0 Å². The zero-order chi connectivity index (χ0) is 25.2. The van der Waals surface area contributed by atoms with Crippen LogP contribution in [0, 0.1) is 17.0 Å². The van der Waals surface area contributed by atoms with Gasteiger partial charge < -0.3 is 15.0 Å². The molecule has 186 valence electrons. The molecule has 9 heteroatoms. The normalized spacial score (nSPS) is 14.3. The van der Waals surface area contributed by atoms with Crippen LogP contribution in [0.1, 0.15) is 59.4 Å². The molecular weight excluding hydrogens is 448 g/mol. The van der Waals surface area contributed by atoms with Crippen LogP contribution >= 0.6 is 0 Å². The minimum Gasteiger partial charge on any atom is -0.380 e. The summed E-state index contributed by atoms with van der Waals surface area (Å²) in [5, 5.41) is 14.1. The average Bonchev–Trinajstić information content (AvgIpc) is 2.87. The SMILES string of the molecule is CCCOCCNC(=O)c1ccc(C)nc1C1CCN(C(=O)C=Cc2ccccc2[N+](=O)[O-])CC1. The number of ether oxygens (including phenoxy) is 1.